The highest BCUT2D eigenvalue weighted by atomic mass is 16.5. The number of carbonyl (C=O) groups excluding carboxylic acids is 1. The van der Waals surface area contributed by atoms with Crippen LogP contribution in [-0.4, -0.2) is 48.3 Å². The van der Waals surface area contributed by atoms with Gasteiger partial charge in [-0.1, -0.05) is 36.4 Å². The zero-order chi connectivity index (χ0) is 18.7. The van der Waals surface area contributed by atoms with Gasteiger partial charge >= 0.3 is 6.03 Å². The lowest BCUT2D eigenvalue weighted by molar-refractivity contribution is -0.0947. The van der Waals surface area contributed by atoms with Crippen molar-refractivity contribution in [3.8, 4) is 0 Å². The number of nitrogens with zero attached hydrogens (tertiary/aromatic N) is 1. The van der Waals surface area contributed by atoms with Gasteiger partial charge in [-0.15, -0.1) is 0 Å². The van der Waals surface area contributed by atoms with Gasteiger partial charge in [-0.05, 0) is 39.1 Å². The van der Waals surface area contributed by atoms with Crippen LogP contribution >= 0.6 is 0 Å². The van der Waals surface area contributed by atoms with Gasteiger partial charge in [-0.25, -0.2) is 4.79 Å². The van der Waals surface area contributed by atoms with E-state index in [0.29, 0.717) is 6.54 Å². The van der Waals surface area contributed by atoms with Gasteiger partial charge in [0.05, 0.1) is 17.9 Å². The van der Waals surface area contributed by atoms with Gasteiger partial charge in [-0.2, -0.15) is 0 Å². The van der Waals surface area contributed by atoms with Crippen molar-refractivity contribution < 1.29 is 9.53 Å². The number of fused-ring (bicyclic) bond motifs is 1. The normalized spacial score (nSPS) is 21.5. The Hall–Kier alpha value is -2.11. The summed E-state index contributed by atoms with van der Waals surface area (Å²) in [5.41, 5.74) is 0.689. The first-order valence-corrected chi connectivity index (χ1v) is 9.28. The number of amides is 2. The molecule has 2 unspecified atom stereocenters. The molecule has 5 heteroatoms. The summed E-state index contributed by atoms with van der Waals surface area (Å²) in [6.07, 6.45) is 0.421. The van der Waals surface area contributed by atoms with Crippen LogP contribution in [0.1, 0.15) is 27.7 Å². The lowest BCUT2D eigenvalue weighted by Gasteiger charge is -2.45. The SMILES string of the molecule is CC1CN(C(C)(C)CNC(=O)Nc2cccc3ccccc23)CC(C)O1. The van der Waals surface area contributed by atoms with Gasteiger partial charge in [0.1, 0.15) is 0 Å². The van der Waals surface area contributed by atoms with Crippen LogP contribution in [0.5, 0.6) is 0 Å². The molecule has 2 aromatic rings. The molecule has 3 rings (SSSR count). The molecular weight excluding hydrogens is 326 g/mol. The van der Waals surface area contributed by atoms with Crippen LogP contribution in [0.3, 0.4) is 0 Å². The first kappa shape index (κ1) is 18.7. The molecule has 1 saturated heterocycles. The fraction of sp³-hybridized carbons (Fsp3) is 0.476. The number of carbonyl (C=O) groups is 1. The zero-order valence-electron chi connectivity index (χ0n) is 16.1. The molecule has 0 saturated carbocycles. The predicted molar refractivity (Wildman–Crippen MR) is 107 cm³/mol. The Labute approximate surface area is 155 Å². The molecule has 0 radical (unpaired) electrons. The van der Waals surface area contributed by atoms with Crippen LogP contribution in [0.25, 0.3) is 10.8 Å². The second-order valence-electron chi connectivity index (χ2n) is 7.81. The second kappa shape index (κ2) is 7.64. The molecule has 2 aromatic carbocycles. The van der Waals surface area contributed by atoms with Crippen LogP contribution in [0.4, 0.5) is 10.5 Å². The Morgan fingerprint density at radius 3 is 2.50 bits per heavy atom. The monoisotopic (exact) mass is 355 g/mol. The fourth-order valence-electron chi connectivity index (χ4n) is 3.58. The lowest BCUT2D eigenvalue weighted by Crippen LogP contribution is -2.58. The number of rotatable bonds is 4. The Bertz CT molecular complexity index is 759. The maximum absolute atomic E-state index is 12.4. The quantitative estimate of drug-likeness (QED) is 0.876. The number of urea groups is 1. The smallest absolute Gasteiger partial charge is 0.319 e. The number of hydrogen-bond acceptors (Lipinski definition) is 3. The minimum Gasteiger partial charge on any atom is -0.373 e. The summed E-state index contributed by atoms with van der Waals surface area (Å²) in [4.78, 5) is 14.8. The average Bonchev–Trinajstić information content (AvgIpc) is 2.60. The van der Waals surface area contributed by atoms with Crippen molar-refractivity contribution in [3.05, 3.63) is 42.5 Å². The highest BCUT2D eigenvalue weighted by Crippen LogP contribution is 2.23. The Morgan fingerprint density at radius 2 is 1.77 bits per heavy atom. The number of hydrogen-bond donors (Lipinski definition) is 2. The van der Waals surface area contributed by atoms with Crippen molar-refractivity contribution in [1.82, 2.24) is 10.2 Å². The fourth-order valence-corrected chi connectivity index (χ4v) is 3.58. The van der Waals surface area contributed by atoms with E-state index in [9.17, 15) is 4.79 Å². The maximum atomic E-state index is 12.4. The summed E-state index contributed by atoms with van der Waals surface area (Å²) in [5, 5.41) is 8.17. The molecule has 26 heavy (non-hydrogen) atoms. The average molecular weight is 355 g/mol. The third-order valence-corrected chi connectivity index (χ3v) is 5.00. The van der Waals surface area contributed by atoms with Crippen LogP contribution in [0.2, 0.25) is 0 Å². The highest BCUT2D eigenvalue weighted by molar-refractivity contribution is 6.01. The van der Waals surface area contributed by atoms with E-state index < -0.39 is 0 Å². The minimum absolute atomic E-state index is 0.137. The summed E-state index contributed by atoms with van der Waals surface area (Å²) in [6.45, 7) is 10.8. The van der Waals surface area contributed by atoms with Crippen LogP contribution in [0, 0.1) is 0 Å². The van der Waals surface area contributed by atoms with E-state index in [1.165, 1.54) is 0 Å². The molecule has 0 aliphatic carbocycles. The summed E-state index contributed by atoms with van der Waals surface area (Å²) in [5.74, 6) is 0. The Morgan fingerprint density at radius 1 is 1.12 bits per heavy atom. The molecule has 0 spiro atoms. The van der Waals surface area contributed by atoms with E-state index in [2.05, 4.69) is 43.2 Å². The molecule has 2 N–H and O–H groups in total. The number of ether oxygens (including phenoxy) is 1. The molecule has 2 amide bonds. The molecule has 0 bridgehead atoms. The number of benzene rings is 2. The van der Waals surface area contributed by atoms with Gasteiger partial charge in [-0.3, -0.25) is 4.90 Å². The molecule has 1 aliphatic rings. The van der Waals surface area contributed by atoms with Crippen LogP contribution in [0.15, 0.2) is 42.5 Å². The van der Waals surface area contributed by atoms with Crippen molar-refractivity contribution in [2.45, 2.75) is 45.4 Å². The van der Waals surface area contributed by atoms with E-state index in [4.69, 9.17) is 4.74 Å². The van der Waals surface area contributed by atoms with E-state index >= 15 is 0 Å². The molecule has 140 valence electrons. The Kier molecular flexibility index (Phi) is 5.49. The van der Waals surface area contributed by atoms with Gasteiger partial charge in [0.25, 0.3) is 0 Å². The van der Waals surface area contributed by atoms with E-state index in [-0.39, 0.29) is 23.8 Å². The first-order valence-electron chi connectivity index (χ1n) is 9.28. The molecule has 1 heterocycles. The third-order valence-electron chi connectivity index (χ3n) is 5.00. The van der Waals surface area contributed by atoms with E-state index in [1.807, 2.05) is 42.5 Å². The molecule has 5 nitrogen and oxygen atoms in total. The van der Waals surface area contributed by atoms with Crippen molar-refractivity contribution in [2.24, 2.45) is 0 Å². The predicted octanol–water partition coefficient (Wildman–Crippen LogP) is 3.85. The summed E-state index contributed by atoms with van der Waals surface area (Å²) < 4.78 is 5.82. The van der Waals surface area contributed by atoms with Gasteiger partial charge in [0.2, 0.25) is 0 Å². The van der Waals surface area contributed by atoms with Crippen molar-refractivity contribution in [1.29, 1.82) is 0 Å². The minimum atomic E-state index is -0.177. The molecule has 2 atom stereocenters. The summed E-state index contributed by atoms with van der Waals surface area (Å²) in [7, 11) is 0. The number of nitrogens with one attached hydrogen (secondary N) is 2. The topological polar surface area (TPSA) is 53.6 Å². The molecule has 0 aromatic heterocycles. The maximum Gasteiger partial charge on any atom is 0.319 e. The van der Waals surface area contributed by atoms with E-state index in [1.54, 1.807) is 0 Å². The second-order valence-corrected chi connectivity index (χ2v) is 7.81. The standard InChI is InChI=1S/C21H29N3O2/c1-15-12-24(13-16(2)26-15)21(3,4)14-22-20(25)23-19-11-7-9-17-8-5-6-10-18(17)19/h5-11,15-16H,12-14H2,1-4H3,(H2,22,23,25). The first-order chi connectivity index (χ1) is 12.3. The summed E-state index contributed by atoms with van der Waals surface area (Å²) in [6, 6.07) is 13.8. The summed E-state index contributed by atoms with van der Waals surface area (Å²) >= 11 is 0. The number of morpholine rings is 1. The van der Waals surface area contributed by atoms with Crippen molar-refractivity contribution in [2.75, 3.05) is 25.0 Å². The van der Waals surface area contributed by atoms with Gasteiger partial charge in [0, 0.05) is 30.6 Å². The molecule has 1 aliphatic heterocycles. The van der Waals surface area contributed by atoms with Crippen molar-refractivity contribution in [3.63, 3.8) is 0 Å². The molecular formula is C21H29N3O2. The van der Waals surface area contributed by atoms with Crippen LogP contribution in [-0.2, 0) is 4.74 Å². The van der Waals surface area contributed by atoms with Crippen LogP contribution < -0.4 is 10.6 Å². The zero-order valence-corrected chi connectivity index (χ0v) is 16.1. The largest absolute Gasteiger partial charge is 0.373 e. The van der Waals surface area contributed by atoms with Crippen molar-refractivity contribution >= 4 is 22.5 Å². The van der Waals surface area contributed by atoms with Gasteiger partial charge in [0.15, 0.2) is 0 Å². The highest BCUT2D eigenvalue weighted by Gasteiger charge is 2.33. The van der Waals surface area contributed by atoms with E-state index in [0.717, 1.165) is 29.5 Å². The molecule has 1 fully saturated rings. The van der Waals surface area contributed by atoms with Gasteiger partial charge < -0.3 is 15.4 Å². The third kappa shape index (κ3) is 4.34. The Balaban J connectivity index is 1.61. The number of anilines is 1. The lowest BCUT2D eigenvalue weighted by atomic mass is 10.00.